The standard InChI is InChI=1S/C20H22N2/c1-3-5-8-15(4-2)11-17-12-16-9-6-7-10-18(16)20(14-22)19(17)13-21/h6-7,9-10,12,15H,3-5,8,11H2,1-2H3. The molecule has 2 aromatic rings. The third-order valence-electron chi connectivity index (χ3n) is 4.41. The van der Waals surface area contributed by atoms with Crippen LogP contribution in [0.3, 0.4) is 0 Å². The van der Waals surface area contributed by atoms with Crippen molar-refractivity contribution in [1.82, 2.24) is 0 Å². The van der Waals surface area contributed by atoms with Gasteiger partial charge in [0.15, 0.2) is 0 Å². The molecule has 2 aromatic carbocycles. The Labute approximate surface area is 133 Å². The summed E-state index contributed by atoms with van der Waals surface area (Å²) in [4.78, 5) is 0. The zero-order valence-electron chi connectivity index (χ0n) is 13.4. The van der Waals surface area contributed by atoms with Crippen molar-refractivity contribution in [2.24, 2.45) is 5.92 Å². The molecule has 0 aliphatic rings. The molecule has 0 N–H and O–H groups in total. The van der Waals surface area contributed by atoms with Gasteiger partial charge in [0.25, 0.3) is 0 Å². The minimum Gasteiger partial charge on any atom is -0.192 e. The quantitative estimate of drug-likeness (QED) is 0.720. The summed E-state index contributed by atoms with van der Waals surface area (Å²) in [7, 11) is 0. The summed E-state index contributed by atoms with van der Waals surface area (Å²) < 4.78 is 0. The van der Waals surface area contributed by atoms with Gasteiger partial charge in [-0.25, -0.2) is 0 Å². The van der Waals surface area contributed by atoms with Crippen molar-refractivity contribution in [1.29, 1.82) is 10.5 Å². The topological polar surface area (TPSA) is 47.6 Å². The van der Waals surface area contributed by atoms with Gasteiger partial charge in [-0.05, 0) is 29.4 Å². The molecule has 0 bridgehead atoms. The molecular formula is C20H22N2. The van der Waals surface area contributed by atoms with E-state index >= 15 is 0 Å². The minimum absolute atomic E-state index is 0.529. The van der Waals surface area contributed by atoms with E-state index in [1.54, 1.807) is 0 Å². The summed E-state index contributed by atoms with van der Waals surface area (Å²) in [5, 5.41) is 21.0. The largest absolute Gasteiger partial charge is 0.192 e. The number of unbranched alkanes of at least 4 members (excludes halogenated alkanes) is 1. The Balaban J connectivity index is 2.49. The van der Waals surface area contributed by atoms with Crippen LogP contribution in [-0.4, -0.2) is 0 Å². The van der Waals surface area contributed by atoms with E-state index in [2.05, 4.69) is 32.1 Å². The van der Waals surface area contributed by atoms with Crippen molar-refractivity contribution in [2.45, 2.75) is 46.0 Å². The fourth-order valence-corrected chi connectivity index (χ4v) is 3.06. The SMILES string of the molecule is CCCCC(CC)Cc1cc2ccccc2c(C#N)c1C#N. The zero-order valence-corrected chi connectivity index (χ0v) is 13.4. The summed E-state index contributed by atoms with van der Waals surface area (Å²) in [5.41, 5.74) is 2.12. The molecule has 0 aromatic heterocycles. The van der Waals surface area contributed by atoms with Crippen LogP contribution in [0.5, 0.6) is 0 Å². The number of nitrogens with zero attached hydrogens (tertiary/aromatic N) is 2. The van der Waals surface area contributed by atoms with Crippen molar-refractivity contribution >= 4 is 10.8 Å². The van der Waals surface area contributed by atoms with Crippen molar-refractivity contribution in [3.05, 3.63) is 47.0 Å². The van der Waals surface area contributed by atoms with Gasteiger partial charge in [-0.2, -0.15) is 10.5 Å². The first-order valence-electron chi connectivity index (χ1n) is 8.09. The van der Waals surface area contributed by atoms with Crippen molar-refractivity contribution < 1.29 is 0 Å². The van der Waals surface area contributed by atoms with E-state index in [4.69, 9.17) is 0 Å². The number of benzene rings is 2. The molecule has 0 amide bonds. The van der Waals surface area contributed by atoms with E-state index in [0.29, 0.717) is 17.0 Å². The van der Waals surface area contributed by atoms with Crippen LogP contribution in [0.1, 0.15) is 56.2 Å². The lowest BCUT2D eigenvalue weighted by atomic mass is 9.87. The molecule has 2 heteroatoms. The van der Waals surface area contributed by atoms with E-state index in [1.165, 1.54) is 19.3 Å². The van der Waals surface area contributed by atoms with E-state index in [0.717, 1.165) is 29.2 Å². The molecule has 112 valence electrons. The molecule has 0 radical (unpaired) electrons. The molecule has 0 aliphatic carbocycles. The molecule has 0 aliphatic heterocycles. The number of nitriles is 2. The van der Waals surface area contributed by atoms with Crippen molar-refractivity contribution in [2.75, 3.05) is 0 Å². The van der Waals surface area contributed by atoms with Crippen LogP contribution >= 0.6 is 0 Å². The lowest BCUT2D eigenvalue weighted by Gasteiger charge is -2.17. The summed E-state index contributed by atoms with van der Waals surface area (Å²) in [6.07, 6.45) is 5.60. The van der Waals surface area contributed by atoms with Crippen molar-refractivity contribution in [3.8, 4) is 12.1 Å². The zero-order chi connectivity index (χ0) is 15.9. The first-order valence-corrected chi connectivity index (χ1v) is 8.09. The fraction of sp³-hybridized carbons (Fsp3) is 0.400. The number of fused-ring (bicyclic) bond motifs is 1. The number of hydrogen-bond acceptors (Lipinski definition) is 2. The highest BCUT2D eigenvalue weighted by molar-refractivity contribution is 5.91. The van der Waals surface area contributed by atoms with E-state index in [-0.39, 0.29) is 0 Å². The second-order valence-electron chi connectivity index (χ2n) is 5.85. The van der Waals surface area contributed by atoms with Crippen LogP contribution in [0.4, 0.5) is 0 Å². The summed E-state index contributed by atoms with van der Waals surface area (Å²) >= 11 is 0. The van der Waals surface area contributed by atoms with Crippen LogP contribution < -0.4 is 0 Å². The Morgan fingerprint density at radius 3 is 2.41 bits per heavy atom. The second kappa shape index (κ2) is 7.62. The summed E-state index contributed by atoms with van der Waals surface area (Å²) in [6, 6.07) is 14.5. The van der Waals surface area contributed by atoms with Crippen LogP contribution in [-0.2, 0) is 6.42 Å². The van der Waals surface area contributed by atoms with Gasteiger partial charge < -0.3 is 0 Å². The van der Waals surface area contributed by atoms with Gasteiger partial charge in [0.2, 0.25) is 0 Å². The second-order valence-corrected chi connectivity index (χ2v) is 5.85. The van der Waals surface area contributed by atoms with Gasteiger partial charge in [-0.15, -0.1) is 0 Å². The number of rotatable bonds is 6. The summed E-state index contributed by atoms with van der Waals surface area (Å²) in [6.45, 7) is 4.41. The van der Waals surface area contributed by atoms with Crippen LogP contribution in [0.25, 0.3) is 10.8 Å². The Kier molecular flexibility index (Phi) is 5.56. The average molecular weight is 290 g/mol. The summed E-state index contributed by atoms with van der Waals surface area (Å²) in [5.74, 6) is 0.583. The van der Waals surface area contributed by atoms with Crippen molar-refractivity contribution in [3.63, 3.8) is 0 Å². The molecular weight excluding hydrogens is 268 g/mol. The van der Waals surface area contributed by atoms with Crippen LogP contribution in [0.2, 0.25) is 0 Å². The highest BCUT2D eigenvalue weighted by Gasteiger charge is 2.16. The monoisotopic (exact) mass is 290 g/mol. The first-order chi connectivity index (χ1) is 10.7. The molecule has 0 saturated heterocycles. The maximum atomic E-state index is 9.55. The Morgan fingerprint density at radius 2 is 1.77 bits per heavy atom. The lowest BCUT2D eigenvalue weighted by molar-refractivity contribution is 0.449. The Hall–Kier alpha value is -2.32. The van der Waals surface area contributed by atoms with Crippen LogP contribution in [0.15, 0.2) is 30.3 Å². The molecule has 0 saturated carbocycles. The van der Waals surface area contributed by atoms with Crippen LogP contribution in [0, 0.1) is 28.6 Å². The predicted octanol–water partition coefficient (Wildman–Crippen LogP) is 5.34. The van der Waals surface area contributed by atoms with E-state index in [1.807, 2.05) is 24.3 Å². The molecule has 2 rings (SSSR count). The first kappa shape index (κ1) is 16.1. The van der Waals surface area contributed by atoms with E-state index in [9.17, 15) is 10.5 Å². The maximum absolute atomic E-state index is 9.55. The van der Waals surface area contributed by atoms with Gasteiger partial charge in [0, 0.05) is 5.39 Å². The Morgan fingerprint density at radius 1 is 1.05 bits per heavy atom. The fourth-order valence-electron chi connectivity index (χ4n) is 3.06. The lowest BCUT2D eigenvalue weighted by Crippen LogP contribution is -2.06. The predicted molar refractivity (Wildman–Crippen MR) is 90.4 cm³/mol. The molecule has 0 spiro atoms. The van der Waals surface area contributed by atoms with Gasteiger partial charge in [0.1, 0.15) is 12.1 Å². The van der Waals surface area contributed by atoms with Gasteiger partial charge in [0.05, 0.1) is 11.1 Å². The molecule has 0 heterocycles. The third kappa shape index (κ3) is 3.29. The smallest absolute Gasteiger partial charge is 0.101 e. The van der Waals surface area contributed by atoms with Gasteiger partial charge >= 0.3 is 0 Å². The molecule has 1 atom stereocenters. The average Bonchev–Trinajstić information content (AvgIpc) is 2.56. The third-order valence-corrected chi connectivity index (χ3v) is 4.41. The Bertz CT molecular complexity index is 732. The normalized spacial score (nSPS) is 11.8. The highest BCUT2D eigenvalue weighted by Crippen LogP contribution is 2.28. The maximum Gasteiger partial charge on any atom is 0.101 e. The number of hydrogen-bond donors (Lipinski definition) is 0. The van der Waals surface area contributed by atoms with Gasteiger partial charge in [-0.3, -0.25) is 0 Å². The van der Waals surface area contributed by atoms with Gasteiger partial charge in [-0.1, -0.05) is 63.8 Å². The molecule has 0 fully saturated rings. The van der Waals surface area contributed by atoms with E-state index < -0.39 is 0 Å². The molecule has 2 nitrogen and oxygen atoms in total. The molecule has 1 unspecified atom stereocenters. The molecule has 22 heavy (non-hydrogen) atoms. The minimum atomic E-state index is 0.529. The highest BCUT2D eigenvalue weighted by atomic mass is 14.3.